The first-order valence-electron chi connectivity index (χ1n) is 4.06. The van der Waals surface area contributed by atoms with Crippen molar-refractivity contribution in [3.8, 4) is 0 Å². The van der Waals surface area contributed by atoms with Crippen molar-refractivity contribution in [3.05, 3.63) is 28.0 Å². The lowest BCUT2D eigenvalue weighted by Gasteiger charge is -2.00. The average Bonchev–Trinajstić information content (AvgIpc) is 2.32. The molecule has 1 aromatic heterocycles. The quantitative estimate of drug-likeness (QED) is 0.497. The van der Waals surface area contributed by atoms with E-state index in [2.05, 4.69) is 24.9 Å². The van der Waals surface area contributed by atoms with E-state index in [0.717, 1.165) is 11.0 Å². The summed E-state index contributed by atoms with van der Waals surface area (Å²) in [7, 11) is 0. The van der Waals surface area contributed by atoms with Crippen LogP contribution in [-0.4, -0.2) is 9.66 Å². The maximum atomic E-state index is 5.74. The number of benzene rings is 1. The van der Waals surface area contributed by atoms with Gasteiger partial charge in [0.2, 0.25) is 0 Å². The van der Waals surface area contributed by atoms with Crippen LogP contribution in [0, 0.1) is 18.6 Å². The fraction of sp³-hybridized carbons (Fsp3) is 0.222. The lowest BCUT2D eigenvalue weighted by Crippen LogP contribution is -2.07. The number of hydrogen-bond donors (Lipinski definition) is 2. The molecule has 3 nitrogen and oxygen atoms in total. The summed E-state index contributed by atoms with van der Waals surface area (Å²) < 4.78 is 2.05. The van der Waals surface area contributed by atoms with Gasteiger partial charge in [-0.2, -0.15) is 0 Å². The Morgan fingerprint density at radius 2 is 1.92 bits per heavy atom. The van der Waals surface area contributed by atoms with Gasteiger partial charge in [0.05, 0.1) is 11.0 Å². The molecule has 0 spiro atoms. The summed E-state index contributed by atoms with van der Waals surface area (Å²) in [6, 6.07) is 4.10. The predicted octanol–water partition coefficient (Wildman–Crippen LogP) is 2.03. The van der Waals surface area contributed by atoms with Crippen molar-refractivity contribution in [3.63, 3.8) is 0 Å². The maximum Gasteiger partial charge on any atom is 0.196 e. The van der Waals surface area contributed by atoms with Gasteiger partial charge < -0.3 is 10.8 Å². The Morgan fingerprint density at radius 1 is 1.31 bits per heavy atom. The van der Waals surface area contributed by atoms with Gasteiger partial charge in [0, 0.05) is 0 Å². The van der Waals surface area contributed by atoms with E-state index < -0.39 is 0 Å². The van der Waals surface area contributed by atoms with Crippen LogP contribution in [0.1, 0.15) is 11.1 Å². The molecular formula is C9H11N3S. The average molecular weight is 193 g/mol. The molecule has 2 aromatic rings. The zero-order valence-electron chi connectivity index (χ0n) is 7.59. The number of H-pyrrole nitrogens is 1. The molecule has 0 unspecified atom stereocenters. The maximum absolute atomic E-state index is 5.74. The standard InChI is InChI=1S/C9H11N3S/c1-5-3-7-8(4-6(5)2)12(10)9(13)11-7/h3-4H,10H2,1-2H3,(H,11,13). The van der Waals surface area contributed by atoms with Crippen molar-refractivity contribution in [1.29, 1.82) is 0 Å². The fourth-order valence-electron chi connectivity index (χ4n) is 1.39. The molecule has 13 heavy (non-hydrogen) atoms. The van der Waals surface area contributed by atoms with Crippen LogP contribution in [-0.2, 0) is 0 Å². The van der Waals surface area contributed by atoms with Gasteiger partial charge in [-0.05, 0) is 49.3 Å². The Kier molecular flexibility index (Phi) is 1.66. The predicted molar refractivity (Wildman–Crippen MR) is 56.7 cm³/mol. The molecule has 0 saturated heterocycles. The molecule has 0 bridgehead atoms. The number of aromatic nitrogens is 2. The molecule has 0 aliphatic heterocycles. The van der Waals surface area contributed by atoms with Crippen LogP contribution in [0.15, 0.2) is 12.1 Å². The number of nitrogen functional groups attached to an aromatic ring is 1. The zero-order valence-corrected chi connectivity index (χ0v) is 8.40. The zero-order chi connectivity index (χ0) is 9.59. The van der Waals surface area contributed by atoms with E-state index in [1.807, 2.05) is 6.07 Å². The SMILES string of the molecule is Cc1cc2[nH]c(=S)n(N)c2cc1C. The van der Waals surface area contributed by atoms with Crippen LogP contribution in [0.25, 0.3) is 11.0 Å². The first-order chi connectivity index (χ1) is 6.09. The minimum absolute atomic E-state index is 0.556. The number of hydrogen-bond acceptors (Lipinski definition) is 2. The lowest BCUT2D eigenvalue weighted by molar-refractivity contribution is 1.01. The summed E-state index contributed by atoms with van der Waals surface area (Å²) in [5.74, 6) is 5.74. The van der Waals surface area contributed by atoms with Gasteiger partial charge in [-0.15, -0.1) is 0 Å². The molecule has 68 valence electrons. The number of nitrogens with zero attached hydrogens (tertiary/aromatic N) is 1. The van der Waals surface area contributed by atoms with Gasteiger partial charge in [0.15, 0.2) is 4.77 Å². The smallest absolute Gasteiger partial charge is 0.196 e. The number of nitrogens with one attached hydrogen (secondary N) is 1. The fourth-order valence-corrected chi connectivity index (χ4v) is 1.59. The number of aromatic amines is 1. The van der Waals surface area contributed by atoms with Crippen LogP contribution >= 0.6 is 12.2 Å². The number of fused-ring (bicyclic) bond motifs is 1. The Balaban J connectivity index is 2.97. The van der Waals surface area contributed by atoms with Crippen LogP contribution in [0.4, 0.5) is 0 Å². The molecule has 0 atom stereocenters. The highest BCUT2D eigenvalue weighted by molar-refractivity contribution is 7.71. The van der Waals surface area contributed by atoms with Gasteiger partial charge in [0.25, 0.3) is 0 Å². The minimum atomic E-state index is 0.556. The molecule has 0 aliphatic rings. The van der Waals surface area contributed by atoms with Crippen molar-refractivity contribution in [2.75, 3.05) is 5.84 Å². The highest BCUT2D eigenvalue weighted by Crippen LogP contribution is 2.17. The third-order valence-corrected chi connectivity index (χ3v) is 2.63. The number of imidazole rings is 1. The van der Waals surface area contributed by atoms with Crippen molar-refractivity contribution in [2.24, 2.45) is 0 Å². The molecule has 0 fully saturated rings. The largest absolute Gasteiger partial charge is 0.337 e. The molecule has 2 rings (SSSR count). The lowest BCUT2D eigenvalue weighted by atomic mass is 10.1. The van der Waals surface area contributed by atoms with E-state index in [1.54, 1.807) is 0 Å². The summed E-state index contributed by atoms with van der Waals surface area (Å²) >= 11 is 5.02. The van der Waals surface area contributed by atoms with Gasteiger partial charge in [0.1, 0.15) is 0 Å². The normalized spacial score (nSPS) is 10.9. The molecular weight excluding hydrogens is 182 g/mol. The van der Waals surface area contributed by atoms with Gasteiger partial charge in [-0.1, -0.05) is 0 Å². The molecule has 1 aromatic carbocycles. The molecule has 1 heterocycles. The number of aryl methyl sites for hydroxylation is 2. The van der Waals surface area contributed by atoms with E-state index in [0.29, 0.717) is 4.77 Å². The molecule has 0 saturated carbocycles. The van der Waals surface area contributed by atoms with Crippen molar-refractivity contribution >= 4 is 23.3 Å². The third kappa shape index (κ3) is 1.14. The van der Waals surface area contributed by atoms with E-state index in [1.165, 1.54) is 15.8 Å². The first-order valence-corrected chi connectivity index (χ1v) is 4.47. The second-order valence-electron chi connectivity index (χ2n) is 3.25. The molecule has 4 heteroatoms. The summed E-state index contributed by atoms with van der Waals surface area (Å²) in [5.41, 5.74) is 4.41. The highest BCUT2D eigenvalue weighted by Gasteiger charge is 2.03. The Bertz CT molecular complexity index is 521. The van der Waals surface area contributed by atoms with Crippen molar-refractivity contribution < 1.29 is 0 Å². The van der Waals surface area contributed by atoms with E-state index in [-0.39, 0.29) is 0 Å². The summed E-state index contributed by atoms with van der Waals surface area (Å²) in [5, 5.41) is 0. The van der Waals surface area contributed by atoms with Crippen LogP contribution in [0.2, 0.25) is 0 Å². The second-order valence-corrected chi connectivity index (χ2v) is 3.64. The summed E-state index contributed by atoms with van der Waals surface area (Å²) in [4.78, 5) is 3.05. The monoisotopic (exact) mass is 193 g/mol. The second kappa shape index (κ2) is 2.60. The van der Waals surface area contributed by atoms with Gasteiger partial charge in [-0.3, -0.25) is 0 Å². The van der Waals surface area contributed by atoms with Crippen molar-refractivity contribution in [2.45, 2.75) is 13.8 Å². The highest BCUT2D eigenvalue weighted by atomic mass is 32.1. The van der Waals surface area contributed by atoms with Crippen LogP contribution < -0.4 is 5.84 Å². The van der Waals surface area contributed by atoms with Gasteiger partial charge >= 0.3 is 0 Å². The summed E-state index contributed by atoms with van der Waals surface area (Å²) in [6.07, 6.45) is 0. The van der Waals surface area contributed by atoms with Crippen LogP contribution in [0.5, 0.6) is 0 Å². The topological polar surface area (TPSA) is 46.7 Å². The van der Waals surface area contributed by atoms with E-state index in [9.17, 15) is 0 Å². The molecule has 0 amide bonds. The molecule has 3 N–H and O–H groups in total. The molecule has 0 aliphatic carbocycles. The van der Waals surface area contributed by atoms with Crippen LogP contribution in [0.3, 0.4) is 0 Å². The Hall–Kier alpha value is -1.29. The van der Waals surface area contributed by atoms with Gasteiger partial charge in [-0.25, -0.2) is 4.68 Å². The third-order valence-electron chi connectivity index (χ3n) is 2.33. The molecule has 0 radical (unpaired) electrons. The van der Waals surface area contributed by atoms with Crippen molar-refractivity contribution in [1.82, 2.24) is 9.66 Å². The Morgan fingerprint density at radius 3 is 2.62 bits per heavy atom. The number of rotatable bonds is 0. The van der Waals surface area contributed by atoms with E-state index in [4.69, 9.17) is 18.1 Å². The Labute approximate surface area is 81.2 Å². The number of nitrogens with two attached hydrogens (primary N) is 1. The first kappa shape index (κ1) is 8.31. The van der Waals surface area contributed by atoms with E-state index >= 15 is 0 Å². The minimum Gasteiger partial charge on any atom is -0.337 e. The summed E-state index contributed by atoms with van der Waals surface area (Å²) in [6.45, 7) is 4.13.